The molecule has 0 bridgehead atoms. The van der Waals surface area contributed by atoms with Gasteiger partial charge in [-0.2, -0.15) is 4.37 Å². The Morgan fingerprint density at radius 2 is 2.17 bits per heavy atom. The minimum atomic E-state index is 1.19. The quantitative estimate of drug-likeness (QED) is 0.686. The Labute approximate surface area is 83.7 Å². The van der Waals surface area contributed by atoms with Crippen molar-refractivity contribution in [2.24, 2.45) is 0 Å². The summed E-state index contributed by atoms with van der Waals surface area (Å²) in [4.78, 5) is 0. The summed E-state index contributed by atoms with van der Waals surface area (Å²) in [6, 6.07) is 2.19. The van der Waals surface area contributed by atoms with E-state index < -0.39 is 0 Å². The molecule has 0 atom stereocenters. The lowest BCUT2D eigenvalue weighted by atomic mass is 10.1. The number of fused-ring (bicyclic) bond motifs is 1. The lowest BCUT2D eigenvalue weighted by Crippen LogP contribution is -1.81. The van der Waals surface area contributed by atoms with Gasteiger partial charge in [0, 0.05) is 16.1 Å². The Morgan fingerprint density at radius 1 is 1.42 bits per heavy atom. The maximum absolute atomic E-state index is 4.16. The summed E-state index contributed by atoms with van der Waals surface area (Å²) in [6.45, 7) is 4.25. The molecule has 0 radical (unpaired) electrons. The molecule has 1 aromatic carbocycles. The van der Waals surface area contributed by atoms with Crippen LogP contribution in [0.2, 0.25) is 0 Å². The smallest absolute Gasteiger partial charge is 0.0564 e. The van der Waals surface area contributed by atoms with Gasteiger partial charge in [-0.05, 0) is 58.5 Å². The van der Waals surface area contributed by atoms with Crippen LogP contribution in [-0.4, -0.2) is 4.37 Å². The van der Waals surface area contributed by atoms with Gasteiger partial charge in [-0.1, -0.05) is 0 Å². The van der Waals surface area contributed by atoms with Crippen LogP contribution in [0.25, 0.3) is 10.1 Å². The normalized spacial score (nSPS) is 10.9. The second-order valence-electron chi connectivity index (χ2n) is 2.87. The molecule has 12 heavy (non-hydrogen) atoms. The topological polar surface area (TPSA) is 12.9 Å². The van der Waals surface area contributed by atoms with Crippen LogP contribution < -0.4 is 0 Å². The van der Waals surface area contributed by atoms with Crippen molar-refractivity contribution in [3.05, 3.63) is 27.9 Å². The molecule has 1 aromatic heterocycles. The molecule has 0 amide bonds. The largest absolute Gasteiger partial charge is 0.200 e. The second kappa shape index (κ2) is 2.82. The molecule has 0 aliphatic heterocycles. The Kier molecular flexibility index (Phi) is 1.93. The van der Waals surface area contributed by atoms with Crippen molar-refractivity contribution in [3.63, 3.8) is 0 Å². The van der Waals surface area contributed by atoms with Gasteiger partial charge in [0.15, 0.2) is 0 Å². The minimum Gasteiger partial charge on any atom is -0.200 e. The summed E-state index contributed by atoms with van der Waals surface area (Å²) in [6.07, 6.45) is 1.91. The zero-order valence-electron chi connectivity index (χ0n) is 6.89. The lowest BCUT2D eigenvalue weighted by Gasteiger charge is -2.02. The number of hydrogen-bond acceptors (Lipinski definition) is 2. The Hall–Kier alpha value is -0.410. The van der Waals surface area contributed by atoms with Gasteiger partial charge in [0.25, 0.3) is 0 Å². The Bertz CT molecular complexity index is 433. The fourth-order valence-corrected chi connectivity index (χ4v) is 2.71. The fourth-order valence-electron chi connectivity index (χ4n) is 1.20. The van der Waals surface area contributed by atoms with E-state index >= 15 is 0 Å². The number of aryl methyl sites for hydroxylation is 1. The van der Waals surface area contributed by atoms with Crippen LogP contribution in [0.5, 0.6) is 0 Å². The molecule has 0 aliphatic rings. The van der Waals surface area contributed by atoms with E-state index in [0.29, 0.717) is 0 Å². The standard InChI is InChI=1S/C9H8BrNS/c1-5-3-8-7(4-11-12-8)9(10)6(5)2/h3-4H,1-2H3. The maximum Gasteiger partial charge on any atom is 0.0564 e. The monoisotopic (exact) mass is 241 g/mol. The molecule has 62 valence electrons. The van der Waals surface area contributed by atoms with Crippen LogP contribution in [0.15, 0.2) is 16.7 Å². The molecule has 0 saturated carbocycles. The van der Waals surface area contributed by atoms with E-state index in [1.54, 1.807) is 11.5 Å². The summed E-state index contributed by atoms with van der Waals surface area (Å²) in [5, 5.41) is 1.23. The van der Waals surface area contributed by atoms with Crippen molar-refractivity contribution >= 4 is 37.5 Å². The van der Waals surface area contributed by atoms with Crippen LogP contribution in [0.1, 0.15) is 11.1 Å². The molecule has 0 unspecified atom stereocenters. The molecule has 0 fully saturated rings. The van der Waals surface area contributed by atoms with Gasteiger partial charge >= 0.3 is 0 Å². The van der Waals surface area contributed by atoms with Gasteiger partial charge in [-0.25, -0.2) is 0 Å². The third-order valence-electron chi connectivity index (χ3n) is 2.10. The van der Waals surface area contributed by atoms with Crippen molar-refractivity contribution in [2.75, 3.05) is 0 Å². The minimum absolute atomic E-state index is 1.19. The Balaban J connectivity index is 2.94. The third-order valence-corrected chi connectivity index (χ3v) is 3.87. The van der Waals surface area contributed by atoms with E-state index in [-0.39, 0.29) is 0 Å². The second-order valence-corrected chi connectivity index (χ2v) is 4.50. The predicted molar refractivity (Wildman–Crippen MR) is 56.8 cm³/mol. The van der Waals surface area contributed by atoms with Gasteiger partial charge in [-0.3, -0.25) is 0 Å². The summed E-state index contributed by atoms with van der Waals surface area (Å²) in [7, 11) is 0. The highest BCUT2D eigenvalue weighted by molar-refractivity contribution is 9.10. The molecule has 0 saturated heterocycles. The average Bonchev–Trinajstić information content (AvgIpc) is 2.48. The van der Waals surface area contributed by atoms with E-state index in [0.717, 1.165) is 0 Å². The van der Waals surface area contributed by atoms with Crippen molar-refractivity contribution in [1.82, 2.24) is 4.37 Å². The predicted octanol–water partition coefficient (Wildman–Crippen LogP) is 3.68. The molecule has 2 aromatic rings. The number of halogens is 1. The molecule has 2 rings (SSSR count). The molecule has 0 spiro atoms. The number of aromatic nitrogens is 1. The number of rotatable bonds is 0. The van der Waals surface area contributed by atoms with Gasteiger partial charge in [-0.15, -0.1) is 0 Å². The lowest BCUT2D eigenvalue weighted by molar-refractivity contribution is 1.35. The first-order chi connectivity index (χ1) is 5.70. The van der Waals surface area contributed by atoms with Crippen molar-refractivity contribution in [2.45, 2.75) is 13.8 Å². The summed E-state index contributed by atoms with van der Waals surface area (Å²) in [5.74, 6) is 0. The van der Waals surface area contributed by atoms with Crippen LogP contribution in [0.3, 0.4) is 0 Å². The molecule has 0 N–H and O–H groups in total. The number of benzene rings is 1. The van der Waals surface area contributed by atoms with Crippen LogP contribution >= 0.6 is 27.5 Å². The summed E-state index contributed by atoms with van der Waals surface area (Å²) in [5.41, 5.74) is 2.63. The molecule has 1 nitrogen and oxygen atoms in total. The maximum atomic E-state index is 4.16. The van der Waals surface area contributed by atoms with E-state index in [1.807, 2.05) is 6.20 Å². The van der Waals surface area contributed by atoms with Gasteiger partial charge in [0.05, 0.1) is 4.70 Å². The number of hydrogen-bond donors (Lipinski definition) is 0. The van der Waals surface area contributed by atoms with Crippen molar-refractivity contribution < 1.29 is 0 Å². The Morgan fingerprint density at radius 3 is 2.92 bits per heavy atom. The molecule has 0 aliphatic carbocycles. The van der Waals surface area contributed by atoms with Crippen LogP contribution in [-0.2, 0) is 0 Å². The van der Waals surface area contributed by atoms with Gasteiger partial charge < -0.3 is 0 Å². The van der Waals surface area contributed by atoms with Gasteiger partial charge in [0.2, 0.25) is 0 Å². The summed E-state index contributed by atoms with van der Waals surface area (Å²) < 4.78 is 6.60. The molecular formula is C9H8BrNS. The molecule has 3 heteroatoms. The zero-order chi connectivity index (χ0) is 8.72. The first kappa shape index (κ1) is 8.20. The highest BCUT2D eigenvalue weighted by Gasteiger charge is 2.06. The van der Waals surface area contributed by atoms with E-state index in [4.69, 9.17) is 0 Å². The van der Waals surface area contributed by atoms with Crippen LogP contribution in [0, 0.1) is 13.8 Å². The first-order valence-corrected chi connectivity index (χ1v) is 5.27. The van der Waals surface area contributed by atoms with Crippen molar-refractivity contribution in [1.29, 1.82) is 0 Å². The van der Waals surface area contributed by atoms with Gasteiger partial charge in [0.1, 0.15) is 0 Å². The van der Waals surface area contributed by atoms with Crippen LogP contribution in [0.4, 0.5) is 0 Å². The zero-order valence-corrected chi connectivity index (χ0v) is 9.29. The van der Waals surface area contributed by atoms with E-state index in [9.17, 15) is 0 Å². The SMILES string of the molecule is Cc1cc2sncc2c(Br)c1C. The third kappa shape index (κ3) is 1.08. The van der Waals surface area contributed by atoms with E-state index in [2.05, 4.69) is 40.2 Å². The highest BCUT2D eigenvalue weighted by Crippen LogP contribution is 2.31. The fraction of sp³-hybridized carbons (Fsp3) is 0.222. The molecule has 1 heterocycles. The highest BCUT2D eigenvalue weighted by atomic mass is 79.9. The average molecular weight is 242 g/mol. The first-order valence-electron chi connectivity index (χ1n) is 3.70. The van der Waals surface area contributed by atoms with E-state index in [1.165, 1.54) is 25.7 Å². The van der Waals surface area contributed by atoms with Crippen molar-refractivity contribution in [3.8, 4) is 0 Å². The molecular weight excluding hydrogens is 234 g/mol. The number of nitrogens with zero attached hydrogens (tertiary/aromatic N) is 1. The summed E-state index contributed by atoms with van der Waals surface area (Å²) >= 11 is 5.12.